The van der Waals surface area contributed by atoms with Crippen molar-refractivity contribution in [1.82, 2.24) is 0 Å². The van der Waals surface area contributed by atoms with Gasteiger partial charge in [0.1, 0.15) is 6.10 Å². The lowest BCUT2D eigenvalue weighted by molar-refractivity contribution is 0.185. The Bertz CT molecular complexity index is 368. The molecule has 1 aromatic rings. The summed E-state index contributed by atoms with van der Waals surface area (Å²) in [5.74, 6) is 0. The maximum Gasteiger partial charge on any atom is 0.142 e. The summed E-state index contributed by atoms with van der Waals surface area (Å²) in [5, 5.41) is 0. The van der Waals surface area contributed by atoms with Gasteiger partial charge in [-0.05, 0) is 17.7 Å². The van der Waals surface area contributed by atoms with Crippen LogP contribution < -0.4 is 5.73 Å². The van der Waals surface area contributed by atoms with Gasteiger partial charge >= 0.3 is 0 Å². The lowest BCUT2D eigenvalue weighted by atomic mass is 10.0. The van der Waals surface area contributed by atoms with Gasteiger partial charge in [0.2, 0.25) is 0 Å². The molecule has 1 aromatic carbocycles. The lowest BCUT2D eigenvalue weighted by Gasteiger charge is -2.18. The summed E-state index contributed by atoms with van der Waals surface area (Å²) in [4.78, 5) is 0. The first-order valence-corrected chi connectivity index (χ1v) is 4.68. The molecule has 2 nitrogen and oxygen atoms in total. The highest BCUT2D eigenvalue weighted by atomic mass is 16.5. The van der Waals surface area contributed by atoms with Gasteiger partial charge in [-0.3, -0.25) is 0 Å². The van der Waals surface area contributed by atoms with Crippen LogP contribution >= 0.6 is 0 Å². The monoisotopic (exact) mass is 187 g/mol. The molecule has 0 spiro atoms. The van der Waals surface area contributed by atoms with Gasteiger partial charge in [-0.25, -0.2) is 0 Å². The second kappa shape index (κ2) is 4.11. The summed E-state index contributed by atoms with van der Waals surface area (Å²) in [6, 6.07) is 8.08. The smallest absolute Gasteiger partial charge is 0.142 e. The van der Waals surface area contributed by atoms with Crippen LogP contribution in [0, 0.1) is 0 Å². The van der Waals surface area contributed by atoms with E-state index in [4.69, 9.17) is 10.5 Å². The highest BCUT2D eigenvalue weighted by Crippen LogP contribution is 2.24. The molecular weight excluding hydrogens is 174 g/mol. The second-order valence-corrected chi connectivity index (χ2v) is 3.17. The van der Waals surface area contributed by atoms with E-state index in [1.807, 2.05) is 36.4 Å². The first-order chi connectivity index (χ1) is 6.92. The van der Waals surface area contributed by atoms with Gasteiger partial charge in [-0.15, -0.1) is 0 Å². The molecule has 1 unspecified atom stereocenters. The van der Waals surface area contributed by atoms with Gasteiger partial charge in [0.15, 0.2) is 0 Å². The van der Waals surface area contributed by atoms with Crippen LogP contribution in [0.3, 0.4) is 0 Å². The van der Waals surface area contributed by atoms with E-state index in [1.165, 1.54) is 0 Å². The van der Waals surface area contributed by atoms with Gasteiger partial charge in [0.05, 0.1) is 6.26 Å². The Morgan fingerprint density at radius 3 is 2.79 bits per heavy atom. The lowest BCUT2D eigenvalue weighted by Crippen LogP contribution is -2.06. The summed E-state index contributed by atoms with van der Waals surface area (Å²) in [6.45, 7) is 0.549. The van der Waals surface area contributed by atoms with E-state index in [1.54, 1.807) is 6.26 Å². The van der Waals surface area contributed by atoms with Crippen molar-refractivity contribution in [2.24, 2.45) is 5.73 Å². The second-order valence-electron chi connectivity index (χ2n) is 3.17. The van der Waals surface area contributed by atoms with Crippen molar-refractivity contribution in [2.75, 3.05) is 0 Å². The number of ether oxygens (including phenoxy) is 1. The minimum Gasteiger partial charge on any atom is -0.489 e. The van der Waals surface area contributed by atoms with E-state index < -0.39 is 0 Å². The molecule has 1 atom stereocenters. The number of allylic oxidation sites excluding steroid dienone is 2. The number of benzene rings is 1. The largest absolute Gasteiger partial charge is 0.489 e. The third-order valence-electron chi connectivity index (χ3n) is 2.28. The van der Waals surface area contributed by atoms with E-state index in [9.17, 15) is 0 Å². The van der Waals surface area contributed by atoms with Crippen LogP contribution in [0.1, 0.15) is 17.2 Å². The van der Waals surface area contributed by atoms with Crippen LogP contribution in [-0.2, 0) is 11.3 Å². The van der Waals surface area contributed by atoms with Crippen molar-refractivity contribution in [2.45, 2.75) is 12.6 Å². The molecule has 0 aromatic heterocycles. The SMILES string of the molecule is NCc1ccccc1C1C=CC=CO1. The molecule has 0 fully saturated rings. The number of hydrogen-bond donors (Lipinski definition) is 1. The predicted molar refractivity (Wildman–Crippen MR) is 56.4 cm³/mol. The maximum atomic E-state index is 5.66. The van der Waals surface area contributed by atoms with Crippen LogP contribution in [0.4, 0.5) is 0 Å². The predicted octanol–water partition coefficient (Wildman–Crippen LogP) is 2.29. The summed E-state index contributed by atoms with van der Waals surface area (Å²) in [6.07, 6.45) is 7.61. The van der Waals surface area contributed by atoms with Crippen LogP contribution in [0.15, 0.2) is 48.8 Å². The molecular formula is C12H13NO. The summed E-state index contributed by atoms with van der Waals surface area (Å²) >= 11 is 0. The molecule has 14 heavy (non-hydrogen) atoms. The normalized spacial score (nSPS) is 19.4. The van der Waals surface area contributed by atoms with Crippen LogP contribution in [0.5, 0.6) is 0 Å². The molecule has 0 saturated heterocycles. The summed E-state index contributed by atoms with van der Waals surface area (Å²) in [7, 11) is 0. The molecule has 1 heterocycles. The maximum absolute atomic E-state index is 5.66. The Kier molecular flexibility index (Phi) is 2.65. The Morgan fingerprint density at radius 2 is 2.07 bits per heavy atom. The van der Waals surface area contributed by atoms with E-state index in [-0.39, 0.29) is 6.10 Å². The van der Waals surface area contributed by atoms with Gasteiger partial charge in [-0.1, -0.05) is 30.3 Å². The van der Waals surface area contributed by atoms with E-state index >= 15 is 0 Å². The van der Waals surface area contributed by atoms with Crippen molar-refractivity contribution in [3.8, 4) is 0 Å². The fourth-order valence-corrected chi connectivity index (χ4v) is 1.56. The molecule has 1 aliphatic rings. The third kappa shape index (κ3) is 1.70. The van der Waals surface area contributed by atoms with Gasteiger partial charge < -0.3 is 10.5 Å². The quantitative estimate of drug-likeness (QED) is 0.771. The number of hydrogen-bond acceptors (Lipinski definition) is 2. The molecule has 0 aliphatic carbocycles. The molecule has 72 valence electrons. The van der Waals surface area contributed by atoms with Crippen molar-refractivity contribution in [1.29, 1.82) is 0 Å². The van der Waals surface area contributed by atoms with Crippen LogP contribution in [0.2, 0.25) is 0 Å². The molecule has 0 amide bonds. The average molecular weight is 187 g/mol. The van der Waals surface area contributed by atoms with E-state index in [0.717, 1.165) is 11.1 Å². The first kappa shape index (κ1) is 9.03. The Hall–Kier alpha value is -1.54. The summed E-state index contributed by atoms with van der Waals surface area (Å²) in [5.41, 5.74) is 7.94. The molecule has 2 N–H and O–H groups in total. The zero-order chi connectivity index (χ0) is 9.80. The van der Waals surface area contributed by atoms with Gasteiger partial charge in [0.25, 0.3) is 0 Å². The fraction of sp³-hybridized carbons (Fsp3) is 0.167. The van der Waals surface area contributed by atoms with Crippen molar-refractivity contribution in [3.05, 3.63) is 59.9 Å². The summed E-state index contributed by atoms with van der Waals surface area (Å²) < 4.78 is 5.48. The topological polar surface area (TPSA) is 35.2 Å². The molecule has 1 aliphatic heterocycles. The molecule has 0 saturated carbocycles. The minimum atomic E-state index is 0.0137. The van der Waals surface area contributed by atoms with Crippen molar-refractivity contribution in [3.63, 3.8) is 0 Å². The number of nitrogens with two attached hydrogens (primary N) is 1. The zero-order valence-corrected chi connectivity index (χ0v) is 7.89. The average Bonchev–Trinajstić information content (AvgIpc) is 2.30. The number of rotatable bonds is 2. The van der Waals surface area contributed by atoms with E-state index in [2.05, 4.69) is 6.07 Å². The first-order valence-electron chi connectivity index (χ1n) is 4.68. The zero-order valence-electron chi connectivity index (χ0n) is 7.89. The third-order valence-corrected chi connectivity index (χ3v) is 2.28. The Morgan fingerprint density at radius 1 is 1.21 bits per heavy atom. The van der Waals surface area contributed by atoms with Crippen LogP contribution in [-0.4, -0.2) is 0 Å². The highest BCUT2D eigenvalue weighted by Gasteiger charge is 2.12. The minimum absolute atomic E-state index is 0.0137. The molecule has 0 bridgehead atoms. The van der Waals surface area contributed by atoms with E-state index in [0.29, 0.717) is 6.54 Å². The Balaban J connectivity index is 2.31. The van der Waals surface area contributed by atoms with Gasteiger partial charge in [-0.2, -0.15) is 0 Å². The molecule has 2 rings (SSSR count). The fourth-order valence-electron chi connectivity index (χ4n) is 1.56. The molecule has 2 heteroatoms. The van der Waals surface area contributed by atoms with Crippen molar-refractivity contribution < 1.29 is 4.74 Å². The van der Waals surface area contributed by atoms with Crippen LogP contribution in [0.25, 0.3) is 0 Å². The van der Waals surface area contributed by atoms with Gasteiger partial charge in [0, 0.05) is 12.1 Å². The van der Waals surface area contributed by atoms with Crippen molar-refractivity contribution >= 4 is 0 Å². The Labute approximate surface area is 83.7 Å². The highest BCUT2D eigenvalue weighted by molar-refractivity contribution is 5.32. The standard InChI is InChI=1S/C12H13NO/c13-9-10-5-1-2-6-11(10)12-7-3-4-8-14-12/h1-8,12H,9,13H2. The molecule has 0 radical (unpaired) electrons.